The molecule has 0 aromatic rings. The molecule has 0 saturated heterocycles. The highest BCUT2D eigenvalue weighted by Crippen LogP contribution is 2.45. The Morgan fingerprint density at radius 3 is 0.688 bits per heavy atom. The zero-order valence-corrected chi connectivity index (χ0v) is 64.8. The maximum atomic E-state index is 13.1. The lowest BCUT2D eigenvalue weighted by atomic mass is 9.99. The number of esters is 4. The van der Waals surface area contributed by atoms with E-state index >= 15 is 0 Å². The Morgan fingerprint density at radius 2 is 0.469 bits per heavy atom. The van der Waals surface area contributed by atoms with Crippen LogP contribution in [0.2, 0.25) is 0 Å². The van der Waals surface area contributed by atoms with Gasteiger partial charge >= 0.3 is 39.5 Å². The van der Waals surface area contributed by atoms with Crippen LogP contribution in [-0.2, 0) is 65.4 Å². The van der Waals surface area contributed by atoms with Crippen molar-refractivity contribution in [1.29, 1.82) is 0 Å². The summed E-state index contributed by atoms with van der Waals surface area (Å²) in [6.45, 7) is 14.2. The maximum absolute atomic E-state index is 13.1. The molecule has 0 spiro atoms. The van der Waals surface area contributed by atoms with Gasteiger partial charge in [0.2, 0.25) is 0 Å². The Hall–Kier alpha value is -1.94. The number of aliphatic hydroxyl groups is 1. The Kier molecular flexibility index (Phi) is 65.0. The molecule has 570 valence electrons. The third-order valence-electron chi connectivity index (χ3n) is 19.3. The summed E-state index contributed by atoms with van der Waals surface area (Å²) in [4.78, 5) is 72.8. The molecule has 8 atom stereocenters. The molecule has 0 amide bonds. The lowest BCUT2D eigenvalue weighted by Crippen LogP contribution is -2.30. The highest BCUT2D eigenvalue weighted by Gasteiger charge is 2.30. The monoisotopic (exact) mass is 1410 g/mol. The number of phosphoric acid groups is 2. The van der Waals surface area contributed by atoms with Gasteiger partial charge in [-0.15, -0.1) is 0 Å². The van der Waals surface area contributed by atoms with Crippen molar-refractivity contribution in [2.45, 2.75) is 408 Å². The van der Waals surface area contributed by atoms with Crippen LogP contribution >= 0.6 is 15.6 Å². The first-order chi connectivity index (χ1) is 46.2. The molecule has 0 heterocycles. The number of hydrogen-bond donors (Lipinski definition) is 3. The van der Waals surface area contributed by atoms with E-state index in [4.69, 9.17) is 37.0 Å². The number of hydrogen-bond acceptors (Lipinski definition) is 15. The van der Waals surface area contributed by atoms with Gasteiger partial charge in [-0.3, -0.25) is 37.3 Å². The topological polar surface area (TPSA) is 237 Å². The third-order valence-corrected chi connectivity index (χ3v) is 21.2. The van der Waals surface area contributed by atoms with Crippen LogP contribution in [0, 0.1) is 23.7 Å². The van der Waals surface area contributed by atoms with E-state index < -0.39 is 97.5 Å². The van der Waals surface area contributed by atoms with Crippen LogP contribution < -0.4 is 0 Å². The SMILES string of the molecule is CCC(C)CCCCCCCCCCCCCCCCC(=O)O[C@H](COC(=O)CCCCCCCCC(C)CC)COP(=O)(O)OCC(O)COP(=O)(O)OC[C@@H](COC(=O)CCCCCCCCC(C)CC)OC(=O)CCCCCCCCCCCCCCCCC(C)CC. The number of carbonyl (C=O) groups is 4. The summed E-state index contributed by atoms with van der Waals surface area (Å²) in [5.41, 5.74) is 0. The smallest absolute Gasteiger partial charge is 0.462 e. The molecule has 3 N–H and O–H groups in total. The van der Waals surface area contributed by atoms with Gasteiger partial charge in [0.15, 0.2) is 12.2 Å². The second-order valence-electron chi connectivity index (χ2n) is 28.7. The highest BCUT2D eigenvalue weighted by atomic mass is 31.2. The van der Waals surface area contributed by atoms with Gasteiger partial charge in [0, 0.05) is 25.7 Å². The Bertz CT molecular complexity index is 1760. The number of carbonyl (C=O) groups excluding carboxylic acids is 4. The van der Waals surface area contributed by atoms with Gasteiger partial charge in [0.25, 0.3) is 0 Å². The summed E-state index contributed by atoms with van der Waals surface area (Å²) >= 11 is 0. The summed E-state index contributed by atoms with van der Waals surface area (Å²) < 4.78 is 68.5. The van der Waals surface area contributed by atoms with Crippen LogP contribution in [0.1, 0.15) is 389 Å². The number of ether oxygens (including phenoxy) is 4. The number of aliphatic hydroxyl groups excluding tert-OH is 1. The third kappa shape index (κ3) is 65.4. The molecule has 0 rings (SSSR count). The van der Waals surface area contributed by atoms with Crippen LogP contribution in [0.3, 0.4) is 0 Å². The van der Waals surface area contributed by atoms with Gasteiger partial charge < -0.3 is 33.8 Å². The summed E-state index contributed by atoms with van der Waals surface area (Å²) in [5.74, 6) is 1.03. The van der Waals surface area contributed by atoms with E-state index in [1.54, 1.807) is 0 Å². The Balaban J connectivity index is 5.22. The molecular formula is C77H150O17P2. The lowest BCUT2D eigenvalue weighted by Gasteiger charge is -2.21. The van der Waals surface area contributed by atoms with Crippen LogP contribution in [0.15, 0.2) is 0 Å². The van der Waals surface area contributed by atoms with Crippen molar-refractivity contribution >= 4 is 39.5 Å². The molecule has 96 heavy (non-hydrogen) atoms. The average molecular weight is 1410 g/mol. The van der Waals surface area contributed by atoms with E-state index in [1.807, 2.05) is 0 Å². The zero-order valence-electron chi connectivity index (χ0n) is 63.0. The van der Waals surface area contributed by atoms with E-state index in [1.165, 1.54) is 180 Å². The standard InChI is InChI=1S/C77H150O17P2/c1-9-67(5)53-45-37-29-25-21-17-13-15-19-23-27-31-43-51-59-76(81)93-72(63-87-74(79)57-49-41-35-33-39-47-55-69(7)11-3)65-91-95(83,84)89-61-71(78)62-90-96(85,86)92-66-73(64-88-75(80)58-50-42-36-34-40-48-56-70(8)12-4)94-77(82)60-52-44-32-28-24-20-16-14-18-22-26-30-38-46-54-68(6)10-2/h67-73,78H,9-66H2,1-8H3,(H,83,84)(H,85,86)/t67?,68?,69?,70?,71?,72-,73-/m1/s1. The predicted molar refractivity (Wildman–Crippen MR) is 391 cm³/mol. The fourth-order valence-electron chi connectivity index (χ4n) is 11.6. The second kappa shape index (κ2) is 66.3. The van der Waals surface area contributed by atoms with Crippen molar-refractivity contribution in [3.63, 3.8) is 0 Å². The summed E-state index contributed by atoms with van der Waals surface area (Å²) in [6, 6.07) is 0. The first-order valence-electron chi connectivity index (χ1n) is 39.9. The van der Waals surface area contributed by atoms with E-state index in [9.17, 15) is 43.2 Å². The Labute approximate surface area is 588 Å². The molecule has 0 aromatic carbocycles. The minimum Gasteiger partial charge on any atom is -0.462 e. The van der Waals surface area contributed by atoms with Gasteiger partial charge in [-0.25, -0.2) is 9.13 Å². The molecule has 17 nitrogen and oxygen atoms in total. The molecule has 6 unspecified atom stereocenters. The summed E-state index contributed by atoms with van der Waals surface area (Å²) in [5, 5.41) is 10.6. The average Bonchev–Trinajstić information content (AvgIpc) is 3.09. The van der Waals surface area contributed by atoms with E-state index in [2.05, 4.69) is 55.4 Å². The van der Waals surface area contributed by atoms with Gasteiger partial charge in [-0.2, -0.15) is 0 Å². The van der Waals surface area contributed by atoms with Crippen LogP contribution in [0.25, 0.3) is 0 Å². The molecule has 0 fully saturated rings. The number of rotatable bonds is 74. The highest BCUT2D eigenvalue weighted by molar-refractivity contribution is 7.47. The number of phosphoric ester groups is 2. The molecule has 0 aromatic heterocycles. The van der Waals surface area contributed by atoms with Crippen molar-refractivity contribution in [2.75, 3.05) is 39.6 Å². The van der Waals surface area contributed by atoms with E-state index in [0.717, 1.165) is 126 Å². The van der Waals surface area contributed by atoms with Crippen molar-refractivity contribution in [3.05, 3.63) is 0 Å². The van der Waals surface area contributed by atoms with E-state index in [0.29, 0.717) is 25.7 Å². The first kappa shape index (κ1) is 94.1. The fraction of sp³-hybridized carbons (Fsp3) is 0.948. The zero-order chi connectivity index (χ0) is 71.0. The molecule has 0 aliphatic carbocycles. The fourth-order valence-corrected chi connectivity index (χ4v) is 13.2. The van der Waals surface area contributed by atoms with Gasteiger partial charge in [0.1, 0.15) is 19.3 Å². The van der Waals surface area contributed by atoms with Crippen molar-refractivity contribution in [3.8, 4) is 0 Å². The molecule has 0 radical (unpaired) electrons. The summed E-state index contributed by atoms with van der Waals surface area (Å²) in [7, 11) is -9.92. The van der Waals surface area contributed by atoms with Crippen molar-refractivity contribution < 1.29 is 80.2 Å². The van der Waals surface area contributed by atoms with Gasteiger partial charge in [-0.1, -0.05) is 338 Å². The maximum Gasteiger partial charge on any atom is 0.472 e. The minimum absolute atomic E-state index is 0.106. The molecule has 0 aliphatic heterocycles. The summed E-state index contributed by atoms with van der Waals surface area (Å²) in [6.07, 6.45) is 51.3. The van der Waals surface area contributed by atoms with Crippen molar-refractivity contribution in [2.24, 2.45) is 23.7 Å². The predicted octanol–water partition coefficient (Wildman–Crippen LogP) is 22.4. The van der Waals surface area contributed by atoms with E-state index in [-0.39, 0.29) is 25.7 Å². The first-order valence-corrected chi connectivity index (χ1v) is 42.8. The van der Waals surface area contributed by atoms with Gasteiger partial charge in [-0.05, 0) is 49.4 Å². The van der Waals surface area contributed by atoms with Crippen LogP contribution in [0.4, 0.5) is 0 Å². The van der Waals surface area contributed by atoms with Crippen molar-refractivity contribution in [1.82, 2.24) is 0 Å². The van der Waals surface area contributed by atoms with Crippen LogP contribution in [0.5, 0.6) is 0 Å². The van der Waals surface area contributed by atoms with Gasteiger partial charge in [0.05, 0.1) is 26.4 Å². The number of unbranched alkanes of at least 4 members (excludes halogenated alkanes) is 36. The molecule has 0 saturated carbocycles. The normalized spacial score (nSPS) is 15.2. The molecular weight excluding hydrogens is 1260 g/mol. The Morgan fingerprint density at radius 1 is 0.281 bits per heavy atom. The van der Waals surface area contributed by atoms with Crippen LogP contribution in [-0.4, -0.2) is 96.7 Å². The molecule has 0 aliphatic rings. The molecule has 19 heteroatoms. The largest absolute Gasteiger partial charge is 0.472 e. The second-order valence-corrected chi connectivity index (χ2v) is 31.6. The lowest BCUT2D eigenvalue weighted by molar-refractivity contribution is -0.161. The quantitative estimate of drug-likeness (QED) is 0.0222. The molecule has 0 bridgehead atoms. The minimum atomic E-state index is -4.96.